The third kappa shape index (κ3) is 6.02. The van der Waals surface area contributed by atoms with Gasteiger partial charge in [0.25, 0.3) is 0 Å². The molecule has 194 valence electrons. The van der Waals surface area contributed by atoms with E-state index in [1.165, 1.54) is 12.1 Å². The molecule has 0 saturated carbocycles. The SMILES string of the molecule is CSc1ccc(Cn2ccc3c2/N=C\CC/C=C\3N2CCOC[C@@H]2c2ccc(OC(F)(F)F)cc2)nc1. The lowest BCUT2D eigenvalue weighted by Crippen LogP contribution is -2.38. The summed E-state index contributed by atoms with van der Waals surface area (Å²) in [5.74, 6) is 0.624. The van der Waals surface area contributed by atoms with Crippen molar-refractivity contribution in [2.45, 2.75) is 36.7 Å². The number of allylic oxidation sites excluding steroid dienone is 1. The molecular weight excluding hydrogens is 501 g/mol. The van der Waals surface area contributed by atoms with Crippen LogP contribution in [0.3, 0.4) is 0 Å². The van der Waals surface area contributed by atoms with Crippen LogP contribution in [0, 0.1) is 0 Å². The second kappa shape index (κ2) is 11.0. The Morgan fingerprint density at radius 2 is 1.95 bits per heavy atom. The first-order valence-corrected chi connectivity index (χ1v) is 13.2. The van der Waals surface area contributed by atoms with Crippen molar-refractivity contribution in [3.63, 3.8) is 0 Å². The molecule has 0 unspecified atom stereocenters. The van der Waals surface area contributed by atoms with Crippen LogP contribution in [0.15, 0.2) is 70.8 Å². The maximum atomic E-state index is 12.6. The number of benzene rings is 1. The van der Waals surface area contributed by atoms with Crippen LogP contribution in [-0.2, 0) is 11.3 Å². The summed E-state index contributed by atoms with van der Waals surface area (Å²) in [7, 11) is 0. The molecule has 0 radical (unpaired) electrons. The minimum Gasteiger partial charge on any atom is -0.406 e. The highest BCUT2D eigenvalue weighted by molar-refractivity contribution is 7.98. The van der Waals surface area contributed by atoms with Gasteiger partial charge in [-0.3, -0.25) is 4.98 Å². The lowest BCUT2D eigenvalue weighted by Gasteiger charge is -2.39. The summed E-state index contributed by atoms with van der Waals surface area (Å²) < 4.78 is 49.8. The predicted octanol–water partition coefficient (Wildman–Crippen LogP) is 6.46. The summed E-state index contributed by atoms with van der Waals surface area (Å²) in [6, 6.07) is 12.1. The molecule has 37 heavy (non-hydrogen) atoms. The van der Waals surface area contributed by atoms with Crippen LogP contribution in [0.5, 0.6) is 5.75 Å². The molecule has 0 bridgehead atoms. The molecule has 0 aliphatic carbocycles. The monoisotopic (exact) mass is 528 g/mol. The van der Waals surface area contributed by atoms with Crippen molar-refractivity contribution >= 4 is 29.5 Å². The van der Waals surface area contributed by atoms with Gasteiger partial charge in [-0.2, -0.15) is 0 Å². The van der Waals surface area contributed by atoms with Crippen LogP contribution in [0.2, 0.25) is 0 Å². The number of aromatic nitrogens is 2. The zero-order valence-corrected chi connectivity index (χ0v) is 21.1. The molecule has 6 nitrogen and oxygen atoms in total. The number of nitrogens with zero attached hydrogens (tertiary/aromatic N) is 4. The largest absolute Gasteiger partial charge is 0.573 e. The van der Waals surface area contributed by atoms with Crippen LogP contribution in [0.1, 0.15) is 35.7 Å². The molecule has 4 heterocycles. The maximum Gasteiger partial charge on any atom is 0.573 e. The first-order chi connectivity index (χ1) is 17.9. The van der Waals surface area contributed by atoms with E-state index in [2.05, 4.69) is 37.4 Å². The number of fused-ring (bicyclic) bond motifs is 1. The summed E-state index contributed by atoms with van der Waals surface area (Å²) in [6.45, 7) is 2.25. The number of pyridine rings is 1. The van der Waals surface area contributed by atoms with E-state index in [1.807, 2.05) is 30.9 Å². The van der Waals surface area contributed by atoms with E-state index in [0.29, 0.717) is 26.3 Å². The van der Waals surface area contributed by atoms with Gasteiger partial charge in [-0.1, -0.05) is 18.2 Å². The van der Waals surface area contributed by atoms with Crippen molar-refractivity contribution in [1.82, 2.24) is 14.5 Å². The van der Waals surface area contributed by atoms with Gasteiger partial charge in [-0.05, 0) is 55.0 Å². The Morgan fingerprint density at radius 1 is 1.11 bits per heavy atom. The molecule has 0 amide bonds. The van der Waals surface area contributed by atoms with E-state index >= 15 is 0 Å². The molecule has 2 aromatic heterocycles. The van der Waals surface area contributed by atoms with Crippen molar-refractivity contribution in [2.24, 2.45) is 4.99 Å². The Labute approximate surface area is 217 Å². The Balaban J connectivity index is 1.44. The second-order valence-corrected chi connectivity index (χ2v) is 9.63. The quantitative estimate of drug-likeness (QED) is 0.344. The molecular formula is C27H27F3N4O2S. The van der Waals surface area contributed by atoms with Gasteiger partial charge in [0.2, 0.25) is 0 Å². The zero-order valence-electron chi connectivity index (χ0n) is 20.3. The average molecular weight is 529 g/mol. The van der Waals surface area contributed by atoms with Crippen LogP contribution >= 0.6 is 11.8 Å². The minimum atomic E-state index is -4.72. The molecule has 0 spiro atoms. The number of ether oxygens (including phenoxy) is 2. The first-order valence-electron chi connectivity index (χ1n) is 12.0. The molecule has 2 aliphatic heterocycles. The summed E-state index contributed by atoms with van der Waals surface area (Å²) in [6.07, 6.45) is 7.04. The number of hydrogen-bond donors (Lipinski definition) is 0. The average Bonchev–Trinajstić information content (AvgIpc) is 3.25. The van der Waals surface area contributed by atoms with Gasteiger partial charge in [0.05, 0.1) is 31.5 Å². The van der Waals surface area contributed by atoms with E-state index in [-0.39, 0.29) is 11.8 Å². The highest BCUT2D eigenvalue weighted by Gasteiger charge is 2.32. The number of rotatable bonds is 6. The topological polar surface area (TPSA) is 51.9 Å². The van der Waals surface area contributed by atoms with Crippen molar-refractivity contribution in [3.05, 3.63) is 77.8 Å². The number of thioether (sulfide) groups is 1. The van der Waals surface area contributed by atoms with Gasteiger partial charge in [-0.25, -0.2) is 4.99 Å². The molecule has 1 fully saturated rings. The molecule has 1 atom stereocenters. The van der Waals surface area contributed by atoms with Gasteiger partial charge in [-0.15, -0.1) is 24.9 Å². The predicted molar refractivity (Wildman–Crippen MR) is 138 cm³/mol. The van der Waals surface area contributed by atoms with Crippen LogP contribution in [0.4, 0.5) is 19.0 Å². The number of alkyl halides is 3. The number of morpholine rings is 1. The lowest BCUT2D eigenvalue weighted by molar-refractivity contribution is -0.274. The van der Waals surface area contributed by atoms with Gasteiger partial charge >= 0.3 is 6.36 Å². The first kappa shape index (κ1) is 25.4. The van der Waals surface area contributed by atoms with Gasteiger partial charge in [0.15, 0.2) is 0 Å². The maximum absolute atomic E-state index is 12.6. The van der Waals surface area contributed by atoms with E-state index in [9.17, 15) is 13.2 Å². The van der Waals surface area contributed by atoms with Gasteiger partial charge < -0.3 is 18.9 Å². The van der Waals surface area contributed by atoms with Gasteiger partial charge in [0, 0.05) is 41.3 Å². The van der Waals surface area contributed by atoms with E-state index in [4.69, 9.17) is 9.73 Å². The smallest absolute Gasteiger partial charge is 0.406 e. The summed E-state index contributed by atoms with van der Waals surface area (Å²) in [4.78, 5) is 12.8. The summed E-state index contributed by atoms with van der Waals surface area (Å²) in [5, 5.41) is 0. The molecule has 0 N–H and O–H groups in total. The third-order valence-corrected chi connectivity index (χ3v) is 7.07. The Kier molecular flexibility index (Phi) is 7.57. The lowest BCUT2D eigenvalue weighted by atomic mass is 10.0. The zero-order chi connectivity index (χ0) is 25.8. The van der Waals surface area contributed by atoms with E-state index < -0.39 is 6.36 Å². The van der Waals surface area contributed by atoms with Crippen molar-refractivity contribution < 1.29 is 22.6 Å². The van der Waals surface area contributed by atoms with E-state index in [1.54, 1.807) is 23.9 Å². The molecule has 10 heteroatoms. The molecule has 1 saturated heterocycles. The minimum absolute atomic E-state index is 0.153. The van der Waals surface area contributed by atoms with Crippen molar-refractivity contribution in [2.75, 3.05) is 26.0 Å². The standard InChI is InChI=1S/C27H27F3N4O2S/c1-37-22-10-7-20(32-16-22)17-33-13-11-23-24(4-2-3-12-31-26(23)33)34-14-15-35-18-25(34)19-5-8-21(9-6-19)36-27(28,29)30/h4-13,16,25H,2-3,14-15,17-18H2,1H3/b24-4+,31-12-/t25-/m1/s1. The Bertz CT molecular complexity index is 1270. The molecule has 5 rings (SSSR count). The van der Waals surface area contributed by atoms with Crippen LogP contribution < -0.4 is 4.74 Å². The normalized spacial score (nSPS) is 20.4. The van der Waals surface area contributed by atoms with Crippen molar-refractivity contribution in [3.8, 4) is 5.75 Å². The Morgan fingerprint density at radius 3 is 2.68 bits per heavy atom. The fourth-order valence-electron chi connectivity index (χ4n) is 4.62. The second-order valence-electron chi connectivity index (χ2n) is 8.75. The highest BCUT2D eigenvalue weighted by atomic mass is 32.2. The Hall–Kier alpha value is -3.24. The molecule has 2 aliphatic rings. The fraction of sp³-hybridized carbons (Fsp3) is 0.333. The molecule has 3 aromatic rings. The number of aliphatic imine (C=N–C) groups is 1. The molecule has 1 aromatic carbocycles. The van der Waals surface area contributed by atoms with Crippen LogP contribution in [0.25, 0.3) is 5.70 Å². The van der Waals surface area contributed by atoms with E-state index in [0.717, 1.165) is 46.1 Å². The summed E-state index contributed by atoms with van der Waals surface area (Å²) in [5.41, 5.74) is 3.88. The van der Waals surface area contributed by atoms with Gasteiger partial charge in [0.1, 0.15) is 11.6 Å². The highest BCUT2D eigenvalue weighted by Crippen LogP contribution is 2.38. The van der Waals surface area contributed by atoms with Crippen molar-refractivity contribution in [1.29, 1.82) is 0 Å². The number of halogens is 3. The number of hydrogen-bond acceptors (Lipinski definition) is 6. The third-order valence-electron chi connectivity index (χ3n) is 6.36. The fourth-order valence-corrected chi connectivity index (χ4v) is 4.98. The van der Waals surface area contributed by atoms with Crippen LogP contribution in [-0.4, -0.2) is 53.0 Å². The summed E-state index contributed by atoms with van der Waals surface area (Å²) >= 11 is 1.66.